The maximum absolute atomic E-state index is 13.6. The van der Waals surface area contributed by atoms with Crippen LogP contribution in [0.25, 0.3) is 11.6 Å². The number of unbranched alkanes of at least 4 members (excludes halogenated alkanes) is 3. The van der Waals surface area contributed by atoms with Gasteiger partial charge < -0.3 is 21.4 Å². The van der Waals surface area contributed by atoms with E-state index in [1.807, 2.05) is 13.8 Å². The smallest absolute Gasteiger partial charge is 0.256 e. The number of rotatable bonds is 8. The number of amides is 2. The van der Waals surface area contributed by atoms with Crippen LogP contribution in [0, 0.1) is 19.7 Å². The average Bonchev–Trinajstić information content (AvgIpc) is 3.14. The van der Waals surface area contributed by atoms with Crippen LogP contribution in [0.2, 0.25) is 0 Å². The lowest BCUT2D eigenvalue weighted by molar-refractivity contribution is -0.110. The molecule has 0 spiro atoms. The molecule has 0 saturated heterocycles. The first-order valence-corrected chi connectivity index (χ1v) is 9.92. The van der Waals surface area contributed by atoms with Crippen LogP contribution < -0.4 is 16.4 Å². The molecule has 0 unspecified atom stereocenters. The maximum Gasteiger partial charge on any atom is 0.256 e. The van der Waals surface area contributed by atoms with Gasteiger partial charge in [-0.2, -0.15) is 0 Å². The molecular formula is C22H27FN4O2. The number of aromatic nitrogens is 1. The molecule has 1 aromatic heterocycles. The van der Waals surface area contributed by atoms with Gasteiger partial charge in [0.2, 0.25) is 0 Å². The Bertz CT molecular complexity index is 962. The molecule has 2 aromatic rings. The van der Waals surface area contributed by atoms with Gasteiger partial charge in [-0.25, -0.2) is 4.39 Å². The van der Waals surface area contributed by atoms with E-state index < -0.39 is 5.82 Å². The minimum absolute atomic E-state index is 0.137. The van der Waals surface area contributed by atoms with Crippen LogP contribution >= 0.6 is 0 Å². The summed E-state index contributed by atoms with van der Waals surface area (Å²) in [5.74, 6) is -0.833. The first-order chi connectivity index (χ1) is 13.9. The van der Waals surface area contributed by atoms with Crippen molar-refractivity contribution in [2.24, 2.45) is 5.73 Å². The fraction of sp³-hybridized carbons (Fsp3) is 0.364. The minimum Gasteiger partial charge on any atom is -0.358 e. The molecule has 1 aliphatic heterocycles. The number of hydrogen-bond acceptors (Lipinski definition) is 3. The molecule has 2 heterocycles. The summed E-state index contributed by atoms with van der Waals surface area (Å²) in [6.45, 7) is 4.97. The van der Waals surface area contributed by atoms with Gasteiger partial charge in [-0.1, -0.05) is 12.8 Å². The predicted molar refractivity (Wildman–Crippen MR) is 113 cm³/mol. The molecule has 0 fully saturated rings. The van der Waals surface area contributed by atoms with E-state index in [1.54, 1.807) is 12.1 Å². The second-order valence-corrected chi connectivity index (χ2v) is 7.32. The number of aryl methyl sites for hydroxylation is 1. The van der Waals surface area contributed by atoms with Crippen LogP contribution in [0.1, 0.15) is 58.6 Å². The van der Waals surface area contributed by atoms with Crippen molar-refractivity contribution in [3.8, 4) is 0 Å². The van der Waals surface area contributed by atoms with E-state index in [1.165, 1.54) is 12.1 Å². The second-order valence-electron chi connectivity index (χ2n) is 7.32. The first-order valence-electron chi connectivity index (χ1n) is 9.92. The number of anilines is 1. The highest BCUT2D eigenvalue weighted by Crippen LogP contribution is 2.34. The zero-order chi connectivity index (χ0) is 21.0. The molecule has 0 saturated carbocycles. The van der Waals surface area contributed by atoms with Crippen LogP contribution in [-0.2, 0) is 4.79 Å². The summed E-state index contributed by atoms with van der Waals surface area (Å²) >= 11 is 0. The molecule has 0 atom stereocenters. The van der Waals surface area contributed by atoms with Crippen molar-refractivity contribution in [3.63, 3.8) is 0 Å². The van der Waals surface area contributed by atoms with Crippen molar-refractivity contribution in [2.45, 2.75) is 39.5 Å². The minimum atomic E-state index is -0.405. The van der Waals surface area contributed by atoms with Gasteiger partial charge in [-0.05, 0) is 63.1 Å². The van der Waals surface area contributed by atoms with Gasteiger partial charge in [0.05, 0.1) is 11.1 Å². The SMILES string of the molecule is Cc1[nH]c(/C=C2\C(=O)Nc3ccc(F)cc32)c(C)c1C(=O)NCCCCCCN. The van der Waals surface area contributed by atoms with Crippen LogP contribution in [0.5, 0.6) is 0 Å². The highest BCUT2D eigenvalue weighted by molar-refractivity contribution is 6.34. The molecule has 2 amide bonds. The Balaban J connectivity index is 1.77. The van der Waals surface area contributed by atoms with Gasteiger partial charge in [0, 0.05) is 29.2 Å². The number of H-pyrrole nitrogens is 1. The Labute approximate surface area is 169 Å². The van der Waals surface area contributed by atoms with Crippen LogP contribution in [0.15, 0.2) is 18.2 Å². The molecule has 7 heteroatoms. The Morgan fingerprint density at radius 2 is 1.97 bits per heavy atom. The van der Waals surface area contributed by atoms with E-state index in [2.05, 4.69) is 15.6 Å². The normalized spacial score (nSPS) is 14.2. The first kappa shape index (κ1) is 20.8. The van der Waals surface area contributed by atoms with Crippen molar-refractivity contribution in [3.05, 3.63) is 52.1 Å². The molecule has 5 N–H and O–H groups in total. The van der Waals surface area contributed by atoms with Crippen LogP contribution in [-0.4, -0.2) is 29.9 Å². The predicted octanol–water partition coefficient (Wildman–Crippen LogP) is 3.51. The molecule has 0 aliphatic carbocycles. The Hall–Kier alpha value is -2.93. The summed E-state index contributed by atoms with van der Waals surface area (Å²) in [7, 11) is 0. The third-order valence-electron chi connectivity index (χ3n) is 5.17. The lowest BCUT2D eigenvalue weighted by Crippen LogP contribution is -2.25. The van der Waals surface area contributed by atoms with Gasteiger partial charge in [0.1, 0.15) is 5.82 Å². The number of nitrogens with one attached hydrogen (secondary N) is 3. The zero-order valence-electron chi connectivity index (χ0n) is 16.8. The molecular weight excluding hydrogens is 371 g/mol. The fourth-order valence-electron chi connectivity index (χ4n) is 3.62. The third-order valence-corrected chi connectivity index (χ3v) is 5.17. The topological polar surface area (TPSA) is 100 Å². The quantitative estimate of drug-likeness (QED) is 0.404. The lowest BCUT2D eigenvalue weighted by atomic mass is 10.0. The van der Waals surface area contributed by atoms with E-state index in [-0.39, 0.29) is 11.8 Å². The molecule has 0 bridgehead atoms. The highest BCUT2D eigenvalue weighted by atomic mass is 19.1. The van der Waals surface area contributed by atoms with Gasteiger partial charge in [0.25, 0.3) is 11.8 Å². The highest BCUT2D eigenvalue weighted by Gasteiger charge is 2.26. The summed E-state index contributed by atoms with van der Waals surface area (Å²) in [6.07, 6.45) is 5.68. The van der Waals surface area contributed by atoms with Gasteiger partial charge >= 0.3 is 0 Å². The van der Waals surface area contributed by atoms with Gasteiger partial charge in [-0.3, -0.25) is 9.59 Å². The van der Waals surface area contributed by atoms with Crippen molar-refractivity contribution in [2.75, 3.05) is 18.4 Å². The largest absolute Gasteiger partial charge is 0.358 e. The van der Waals surface area contributed by atoms with E-state index in [0.29, 0.717) is 41.2 Å². The molecule has 154 valence electrons. The van der Waals surface area contributed by atoms with Crippen LogP contribution in [0.3, 0.4) is 0 Å². The molecule has 1 aliphatic rings. The number of carbonyl (C=O) groups is 2. The Kier molecular flexibility index (Phi) is 6.49. The maximum atomic E-state index is 13.6. The number of halogens is 1. The van der Waals surface area contributed by atoms with E-state index in [4.69, 9.17) is 5.73 Å². The number of nitrogens with two attached hydrogens (primary N) is 1. The Morgan fingerprint density at radius 3 is 2.72 bits per heavy atom. The monoisotopic (exact) mass is 398 g/mol. The second kappa shape index (κ2) is 9.05. The molecule has 3 rings (SSSR count). The van der Waals surface area contributed by atoms with Gasteiger partial charge in [0.15, 0.2) is 0 Å². The van der Waals surface area contributed by atoms with Crippen molar-refractivity contribution in [1.82, 2.24) is 10.3 Å². The third kappa shape index (κ3) is 4.56. The zero-order valence-corrected chi connectivity index (χ0v) is 16.8. The lowest BCUT2D eigenvalue weighted by Gasteiger charge is -2.06. The number of benzene rings is 1. The number of hydrogen-bond donors (Lipinski definition) is 4. The van der Waals surface area contributed by atoms with Crippen molar-refractivity contribution in [1.29, 1.82) is 0 Å². The van der Waals surface area contributed by atoms with E-state index in [9.17, 15) is 14.0 Å². The number of aromatic amines is 1. The summed E-state index contributed by atoms with van der Waals surface area (Å²) in [6, 6.07) is 4.19. The average molecular weight is 398 g/mol. The molecule has 0 radical (unpaired) electrons. The van der Waals surface area contributed by atoms with Gasteiger partial charge in [-0.15, -0.1) is 0 Å². The Morgan fingerprint density at radius 1 is 1.21 bits per heavy atom. The summed E-state index contributed by atoms with van der Waals surface area (Å²) < 4.78 is 13.6. The summed E-state index contributed by atoms with van der Waals surface area (Å²) in [4.78, 5) is 28.1. The van der Waals surface area contributed by atoms with E-state index in [0.717, 1.165) is 36.9 Å². The molecule has 6 nitrogen and oxygen atoms in total. The summed E-state index contributed by atoms with van der Waals surface area (Å²) in [5.41, 5.74) is 9.68. The number of fused-ring (bicyclic) bond motifs is 1. The van der Waals surface area contributed by atoms with Crippen molar-refractivity contribution < 1.29 is 14.0 Å². The van der Waals surface area contributed by atoms with Crippen LogP contribution in [0.4, 0.5) is 10.1 Å². The fourth-order valence-corrected chi connectivity index (χ4v) is 3.62. The van der Waals surface area contributed by atoms with E-state index >= 15 is 0 Å². The summed E-state index contributed by atoms with van der Waals surface area (Å²) in [5, 5.41) is 5.69. The number of carbonyl (C=O) groups excluding carboxylic acids is 2. The van der Waals surface area contributed by atoms with Crippen molar-refractivity contribution >= 4 is 29.2 Å². The molecule has 1 aromatic carbocycles. The standard InChI is InChI=1S/C22H27FN4O2/c1-13-19(12-17-16-11-15(23)7-8-18(16)27-21(17)28)26-14(2)20(13)22(29)25-10-6-4-3-5-9-24/h7-8,11-12,26H,3-6,9-10,24H2,1-2H3,(H,25,29)(H,27,28)/b17-12-. The molecule has 29 heavy (non-hydrogen) atoms.